The lowest BCUT2D eigenvalue weighted by Gasteiger charge is -2.01. The quantitative estimate of drug-likeness (QED) is 0.765. The summed E-state index contributed by atoms with van der Waals surface area (Å²) in [6.07, 6.45) is 0. The summed E-state index contributed by atoms with van der Waals surface area (Å²) in [5, 5.41) is 8.50. The number of rotatable bonds is 3. The Hall–Kier alpha value is -1.07. The fraction of sp³-hybridized carbons (Fsp3) is 0.250. The molecule has 2 N–H and O–H groups in total. The van der Waals surface area contributed by atoms with Crippen molar-refractivity contribution < 1.29 is 13.5 Å². The number of hydrogen-bond donors (Lipinski definition) is 1. The number of nitrogens with one attached hydrogen (secondary N) is 1. The van der Waals surface area contributed by atoms with E-state index in [0.717, 1.165) is 0 Å². The standard InChI is InChI=1S/C8H10NO3S/c9-7-1-3-8(4-2-7)13(11,12)6-5-10/h1-4,9-10H,5-6H2. The lowest BCUT2D eigenvalue weighted by molar-refractivity contribution is 0.319. The number of benzene rings is 1. The van der Waals surface area contributed by atoms with Crippen LogP contribution in [0.3, 0.4) is 0 Å². The summed E-state index contributed by atoms with van der Waals surface area (Å²) in [5.41, 5.74) is 7.42. The van der Waals surface area contributed by atoms with E-state index < -0.39 is 9.84 Å². The van der Waals surface area contributed by atoms with E-state index >= 15 is 0 Å². The molecule has 71 valence electrons. The second-order valence-corrected chi connectivity index (χ2v) is 4.68. The fourth-order valence-electron chi connectivity index (χ4n) is 0.900. The molecule has 1 radical (unpaired) electrons. The average Bonchev–Trinajstić information content (AvgIpc) is 2.05. The monoisotopic (exact) mass is 200 g/mol. The molecule has 1 aromatic carbocycles. The van der Waals surface area contributed by atoms with Gasteiger partial charge in [-0.3, -0.25) is 0 Å². The van der Waals surface area contributed by atoms with Crippen LogP contribution in [-0.4, -0.2) is 25.9 Å². The van der Waals surface area contributed by atoms with Gasteiger partial charge in [-0.25, -0.2) is 8.42 Å². The normalized spacial score (nSPS) is 11.5. The second kappa shape index (κ2) is 3.76. The topological polar surface area (TPSA) is 78.2 Å². The highest BCUT2D eigenvalue weighted by Crippen LogP contribution is 2.13. The van der Waals surface area contributed by atoms with Crippen LogP contribution in [0.15, 0.2) is 29.2 Å². The van der Waals surface area contributed by atoms with Crippen molar-refractivity contribution in [2.75, 3.05) is 12.4 Å². The first-order chi connectivity index (χ1) is 6.06. The number of sulfone groups is 1. The smallest absolute Gasteiger partial charge is 0.180 e. The third kappa shape index (κ3) is 2.43. The fourth-order valence-corrected chi connectivity index (χ4v) is 1.93. The van der Waals surface area contributed by atoms with E-state index in [1.807, 2.05) is 0 Å². The number of aliphatic hydroxyl groups excluding tert-OH is 1. The SMILES string of the molecule is [NH]c1ccc(S(=O)(=O)CCO)cc1. The van der Waals surface area contributed by atoms with E-state index in [4.69, 9.17) is 10.8 Å². The Morgan fingerprint density at radius 2 is 1.77 bits per heavy atom. The van der Waals surface area contributed by atoms with Crippen LogP contribution < -0.4 is 5.73 Å². The second-order valence-electron chi connectivity index (χ2n) is 2.57. The highest BCUT2D eigenvalue weighted by Gasteiger charge is 2.12. The summed E-state index contributed by atoms with van der Waals surface area (Å²) < 4.78 is 22.6. The van der Waals surface area contributed by atoms with Crippen molar-refractivity contribution in [2.24, 2.45) is 0 Å². The van der Waals surface area contributed by atoms with Gasteiger partial charge in [-0.05, 0) is 24.3 Å². The molecule has 0 bridgehead atoms. The van der Waals surface area contributed by atoms with Gasteiger partial charge >= 0.3 is 0 Å². The minimum atomic E-state index is -3.36. The van der Waals surface area contributed by atoms with Gasteiger partial charge in [0.25, 0.3) is 0 Å². The van der Waals surface area contributed by atoms with Gasteiger partial charge in [0.05, 0.1) is 22.9 Å². The highest BCUT2D eigenvalue weighted by atomic mass is 32.2. The molecule has 0 aromatic heterocycles. The van der Waals surface area contributed by atoms with Crippen LogP contribution in [0.25, 0.3) is 0 Å². The maximum absolute atomic E-state index is 11.3. The van der Waals surface area contributed by atoms with E-state index in [9.17, 15) is 8.42 Å². The van der Waals surface area contributed by atoms with E-state index in [1.54, 1.807) is 0 Å². The molecule has 0 atom stereocenters. The Labute approximate surface area is 76.9 Å². The maximum atomic E-state index is 11.3. The van der Waals surface area contributed by atoms with Gasteiger partial charge in [0, 0.05) is 0 Å². The highest BCUT2D eigenvalue weighted by molar-refractivity contribution is 7.91. The first-order valence-corrected chi connectivity index (χ1v) is 5.37. The summed E-state index contributed by atoms with van der Waals surface area (Å²) in [6.45, 7) is -0.384. The molecule has 13 heavy (non-hydrogen) atoms. The van der Waals surface area contributed by atoms with Gasteiger partial charge in [-0.2, -0.15) is 0 Å². The van der Waals surface area contributed by atoms with Gasteiger partial charge in [0.2, 0.25) is 0 Å². The van der Waals surface area contributed by atoms with Crippen molar-refractivity contribution in [3.63, 3.8) is 0 Å². The molecule has 0 amide bonds. The van der Waals surface area contributed by atoms with Crippen molar-refractivity contribution in [3.8, 4) is 0 Å². The lowest BCUT2D eigenvalue weighted by Crippen LogP contribution is -2.09. The molecule has 0 aliphatic rings. The predicted molar refractivity (Wildman–Crippen MR) is 48.3 cm³/mol. The molecule has 0 heterocycles. The average molecular weight is 200 g/mol. The summed E-state index contributed by atoms with van der Waals surface area (Å²) in [5.74, 6) is -0.273. The lowest BCUT2D eigenvalue weighted by atomic mass is 10.3. The zero-order valence-electron chi connectivity index (χ0n) is 6.90. The molecule has 5 heteroatoms. The van der Waals surface area contributed by atoms with Crippen LogP contribution in [-0.2, 0) is 9.84 Å². The Morgan fingerprint density at radius 3 is 2.23 bits per heavy atom. The third-order valence-corrected chi connectivity index (χ3v) is 3.28. The summed E-state index contributed by atoms with van der Waals surface area (Å²) >= 11 is 0. The van der Waals surface area contributed by atoms with E-state index in [2.05, 4.69) is 0 Å². The Kier molecular flexibility index (Phi) is 2.90. The molecule has 4 nitrogen and oxygen atoms in total. The molecular formula is C8H10NO3S. The van der Waals surface area contributed by atoms with Gasteiger partial charge in [0.1, 0.15) is 0 Å². The van der Waals surface area contributed by atoms with E-state index in [0.29, 0.717) is 0 Å². The Balaban J connectivity index is 3.02. The van der Waals surface area contributed by atoms with Crippen molar-refractivity contribution in [1.29, 1.82) is 0 Å². The van der Waals surface area contributed by atoms with Crippen LogP contribution in [0.1, 0.15) is 0 Å². The number of aliphatic hydroxyl groups is 1. The molecular weight excluding hydrogens is 190 g/mol. The van der Waals surface area contributed by atoms with Crippen LogP contribution in [0.5, 0.6) is 0 Å². The maximum Gasteiger partial charge on any atom is 0.180 e. The molecule has 0 saturated carbocycles. The zero-order valence-corrected chi connectivity index (χ0v) is 7.71. The van der Waals surface area contributed by atoms with Gasteiger partial charge < -0.3 is 10.8 Å². The minimum Gasteiger partial charge on any atom is -0.395 e. The molecule has 1 rings (SSSR count). The van der Waals surface area contributed by atoms with Crippen LogP contribution in [0.2, 0.25) is 0 Å². The molecule has 0 spiro atoms. The van der Waals surface area contributed by atoms with Gasteiger partial charge in [-0.1, -0.05) is 0 Å². The van der Waals surface area contributed by atoms with Crippen molar-refractivity contribution >= 4 is 15.5 Å². The minimum absolute atomic E-state index is 0.151. The predicted octanol–water partition coefficient (Wildman–Crippen LogP) is 0.367. The van der Waals surface area contributed by atoms with Crippen molar-refractivity contribution in [2.45, 2.75) is 4.90 Å². The zero-order chi connectivity index (χ0) is 9.90. The molecule has 0 unspecified atom stereocenters. The van der Waals surface area contributed by atoms with Gasteiger partial charge in [0.15, 0.2) is 9.84 Å². The number of hydrogen-bond acceptors (Lipinski definition) is 3. The summed E-state index contributed by atoms with van der Waals surface area (Å²) in [4.78, 5) is 0.151. The Bertz CT molecular complexity index is 369. The van der Waals surface area contributed by atoms with E-state index in [1.165, 1.54) is 24.3 Å². The largest absolute Gasteiger partial charge is 0.395 e. The molecule has 1 aromatic rings. The van der Waals surface area contributed by atoms with E-state index in [-0.39, 0.29) is 22.9 Å². The third-order valence-electron chi connectivity index (χ3n) is 1.57. The molecule has 0 aliphatic heterocycles. The van der Waals surface area contributed by atoms with Crippen molar-refractivity contribution in [1.82, 2.24) is 5.73 Å². The Morgan fingerprint density at radius 1 is 1.23 bits per heavy atom. The molecule has 0 fully saturated rings. The molecule has 0 aliphatic carbocycles. The molecule has 0 saturated heterocycles. The summed E-state index contributed by atoms with van der Waals surface area (Å²) in [6, 6.07) is 5.55. The van der Waals surface area contributed by atoms with Crippen LogP contribution in [0.4, 0.5) is 5.69 Å². The van der Waals surface area contributed by atoms with Crippen LogP contribution >= 0.6 is 0 Å². The first kappa shape index (κ1) is 10.0. The van der Waals surface area contributed by atoms with Crippen LogP contribution in [0, 0.1) is 0 Å². The first-order valence-electron chi connectivity index (χ1n) is 3.71. The van der Waals surface area contributed by atoms with Gasteiger partial charge in [-0.15, -0.1) is 0 Å². The van der Waals surface area contributed by atoms with Crippen molar-refractivity contribution in [3.05, 3.63) is 24.3 Å². The summed E-state index contributed by atoms with van der Waals surface area (Å²) in [7, 11) is -3.36.